The van der Waals surface area contributed by atoms with E-state index >= 15 is 0 Å². The van der Waals surface area contributed by atoms with Crippen molar-refractivity contribution < 1.29 is 18.8 Å². The normalized spacial score (nSPS) is 17.6. The Morgan fingerprint density at radius 3 is 2.50 bits per heavy atom. The van der Waals surface area contributed by atoms with Crippen molar-refractivity contribution >= 4 is 29.1 Å². The molecule has 0 radical (unpaired) electrons. The number of hydrogen-bond donors (Lipinski definition) is 4. The molecule has 0 saturated heterocycles. The first-order chi connectivity index (χ1) is 14.3. The van der Waals surface area contributed by atoms with Crippen LogP contribution >= 0.6 is 0 Å². The minimum atomic E-state index is -1.62. The summed E-state index contributed by atoms with van der Waals surface area (Å²) in [5, 5.41) is 16.7. The zero-order chi connectivity index (χ0) is 21.9. The Hall–Kier alpha value is -4.10. The Balaban J connectivity index is 1.88. The summed E-state index contributed by atoms with van der Waals surface area (Å²) in [5.41, 5.74) is 4.43. The van der Waals surface area contributed by atoms with E-state index in [1.807, 2.05) is 6.07 Å². The van der Waals surface area contributed by atoms with E-state index < -0.39 is 29.1 Å². The Bertz CT molecular complexity index is 1110. The van der Waals surface area contributed by atoms with Gasteiger partial charge in [-0.15, -0.1) is 0 Å². The molecule has 0 spiro atoms. The number of carbonyl (C=O) groups excluding carboxylic acids is 3. The lowest BCUT2D eigenvalue weighted by atomic mass is 9.84. The third kappa shape index (κ3) is 3.49. The van der Waals surface area contributed by atoms with Crippen molar-refractivity contribution in [3.63, 3.8) is 0 Å². The fourth-order valence-electron chi connectivity index (χ4n) is 3.16. The minimum Gasteiger partial charge on any atom is -0.367 e. The molecule has 9 nitrogen and oxygen atoms in total. The minimum absolute atomic E-state index is 0.0265. The van der Waals surface area contributed by atoms with Crippen LogP contribution in [-0.4, -0.2) is 37.1 Å². The second-order valence-electron chi connectivity index (χ2n) is 6.37. The maximum atomic E-state index is 13.9. The van der Waals surface area contributed by atoms with E-state index in [2.05, 4.69) is 20.9 Å². The van der Waals surface area contributed by atoms with Gasteiger partial charge in [-0.3, -0.25) is 24.7 Å². The number of amides is 3. The highest BCUT2D eigenvalue weighted by atomic mass is 19.1. The Kier molecular flexibility index (Phi) is 5.57. The van der Waals surface area contributed by atoms with Gasteiger partial charge in [0.05, 0.1) is 23.9 Å². The Labute approximate surface area is 170 Å². The number of nitriles is 1. The molecular weight excluding hydrogens is 391 g/mol. The number of rotatable bonds is 5. The Morgan fingerprint density at radius 2 is 1.90 bits per heavy atom. The molecule has 0 fully saturated rings. The lowest BCUT2D eigenvalue weighted by Gasteiger charge is -2.27. The van der Waals surface area contributed by atoms with Crippen molar-refractivity contribution in [2.24, 2.45) is 10.7 Å². The summed E-state index contributed by atoms with van der Waals surface area (Å²) in [6.07, 6.45) is 0. The number of carbonyl (C=O) groups is 3. The molecule has 2 aromatic rings. The summed E-state index contributed by atoms with van der Waals surface area (Å²) in [6.45, 7) is 0.0265. The van der Waals surface area contributed by atoms with Gasteiger partial charge in [-0.1, -0.05) is 12.1 Å². The molecule has 10 heteroatoms. The van der Waals surface area contributed by atoms with Gasteiger partial charge >= 0.3 is 0 Å². The number of halogens is 1. The van der Waals surface area contributed by atoms with E-state index in [9.17, 15) is 18.8 Å². The van der Waals surface area contributed by atoms with Gasteiger partial charge in [-0.2, -0.15) is 5.26 Å². The van der Waals surface area contributed by atoms with Crippen LogP contribution < -0.4 is 21.7 Å². The number of nitrogens with two attached hydrogens (primary N) is 1. The molecule has 1 aliphatic heterocycles. The van der Waals surface area contributed by atoms with Crippen molar-refractivity contribution in [3.05, 3.63) is 65.0 Å². The monoisotopic (exact) mass is 408 g/mol. The summed E-state index contributed by atoms with van der Waals surface area (Å²) >= 11 is 0. The molecule has 1 atom stereocenters. The maximum absolute atomic E-state index is 13.9. The molecule has 0 bridgehead atoms. The molecule has 30 heavy (non-hydrogen) atoms. The van der Waals surface area contributed by atoms with Gasteiger partial charge in [0.15, 0.2) is 5.54 Å². The van der Waals surface area contributed by atoms with E-state index in [0.717, 1.165) is 12.1 Å². The first kappa shape index (κ1) is 20.6. The first-order valence-electron chi connectivity index (χ1n) is 8.77. The molecule has 0 aliphatic carbocycles. The van der Waals surface area contributed by atoms with Crippen molar-refractivity contribution in [1.29, 1.82) is 5.26 Å². The van der Waals surface area contributed by atoms with Gasteiger partial charge in [-0.05, 0) is 35.9 Å². The van der Waals surface area contributed by atoms with Crippen molar-refractivity contribution in [3.8, 4) is 6.07 Å². The van der Waals surface area contributed by atoms with Gasteiger partial charge in [0, 0.05) is 12.7 Å². The summed E-state index contributed by atoms with van der Waals surface area (Å²) < 4.78 is 13.9. The second-order valence-corrected chi connectivity index (χ2v) is 6.37. The summed E-state index contributed by atoms with van der Waals surface area (Å²) in [5.74, 6) is -2.87. The number of nitrogens with one attached hydrogen (secondary N) is 3. The molecule has 0 saturated carbocycles. The van der Waals surface area contributed by atoms with E-state index in [-0.39, 0.29) is 23.5 Å². The van der Waals surface area contributed by atoms with Gasteiger partial charge < -0.3 is 16.4 Å². The molecule has 1 unspecified atom stereocenters. The lowest BCUT2D eigenvalue weighted by Crippen LogP contribution is -2.58. The smallest absolute Gasteiger partial charge is 0.267 e. The fourth-order valence-corrected chi connectivity index (χ4v) is 3.16. The number of primary amides is 1. The first-order valence-corrected chi connectivity index (χ1v) is 8.77. The lowest BCUT2D eigenvalue weighted by molar-refractivity contribution is -0.123. The summed E-state index contributed by atoms with van der Waals surface area (Å²) in [7, 11) is 1.41. The zero-order valence-corrected chi connectivity index (χ0v) is 15.8. The van der Waals surface area contributed by atoms with E-state index in [1.54, 1.807) is 0 Å². The highest BCUT2D eigenvalue weighted by Gasteiger charge is 2.49. The third-order valence-electron chi connectivity index (χ3n) is 4.66. The van der Waals surface area contributed by atoms with Gasteiger partial charge in [0.1, 0.15) is 11.5 Å². The highest BCUT2D eigenvalue weighted by molar-refractivity contribution is 6.47. The van der Waals surface area contributed by atoms with Crippen LogP contribution in [0.3, 0.4) is 0 Å². The van der Waals surface area contributed by atoms with Crippen LogP contribution in [0.1, 0.15) is 21.5 Å². The molecule has 3 amide bonds. The van der Waals surface area contributed by atoms with Crippen LogP contribution in [0.4, 0.5) is 10.1 Å². The van der Waals surface area contributed by atoms with E-state index in [4.69, 9.17) is 11.0 Å². The van der Waals surface area contributed by atoms with Crippen molar-refractivity contribution in [2.45, 2.75) is 5.54 Å². The largest absolute Gasteiger partial charge is 0.367 e. The van der Waals surface area contributed by atoms with Crippen LogP contribution in [-0.2, 0) is 15.1 Å². The standard InChI is InChI=1S/C20H17FN6O3/c1-24-18(29)16-20(19(23)30,26-10-25-16)12-3-5-13(6-4-12)27-17(28)14-8-11(9-22)2-7-15(14)21/h2-8,26H,10H2,1H3,(H2,23,30)(H,24,29)(H,27,28). The van der Waals surface area contributed by atoms with Gasteiger partial charge in [-0.25, -0.2) is 4.39 Å². The molecule has 0 aromatic heterocycles. The van der Waals surface area contributed by atoms with Gasteiger partial charge in [0.25, 0.3) is 11.8 Å². The summed E-state index contributed by atoms with van der Waals surface area (Å²) in [6, 6.07) is 11.3. The van der Waals surface area contributed by atoms with E-state index in [0.29, 0.717) is 11.3 Å². The van der Waals surface area contributed by atoms with Crippen LogP contribution in [0.2, 0.25) is 0 Å². The molecule has 1 heterocycles. The van der Waals surface area contributed by atoms with Crippen LogP contribution in [0, 0.1) is 17.1 Å². The van der Waals surface area contributed by atoms with E-state index in [1.165, 1.54) is 37.4 Å². The predicted molar refractivity (Wildman–Crippen MR) is 106 cm³/mol. The van der Waals surface area contributed by atoms with Crippen LogP contribution in [0.5, 0.6) is 0 Å². The summed E-state index contributed by atoms with van der Waals surface area (Å²) in [4.78, 5) is 40.8. The highest BCUT2D eigenvalue weighted by Crippen LogP contribution is 2.28. The average molecular weight is 408 g/mol. The Morgan fingerprint density at radius 1 is 1.20 bits per heavy atom. The number of aliphatic imine (C=N–C) groups is 1. The molecule has 1 aliphatic rings. The van der Waals surface area contributed by atoms with Crippen LogP contribution in [0.15, 0.2) is 47.5 Å². The van der Waals surface area contributed by atoms with Crippen molar-refractivity contribution in [1.82, 2.24) is 10.6 Å². The molecule has 152 valence electrons. The molecule has 5 N–H and O–H groups in total. The number of benzene rings is 2. The SMILES string of the molecule is CNC(=O)C1=NCNC1(C(N)=O)c1ccc(NC(=O)c2cc(C#N)ccc2F)cc1. The third-order valence-corrected chi connectivity index (χ3v) is 4.66. The zero-order valence-electron chi connectivity index (χ0n) is 15.8. The quantitative estimate of drug-likeness (QED) is 0.564. The molecule has 3 rings (SSSR count). The topological polar surface area (TPSA) is 149 Å². The predicted octanol–water partition coefficient (Wildman–Crippen LogP) is 0.378. The van der Waals surface area contributed by atoms with Crippen molar-refractivity contribution in [2.75, 3.05) is 19.0 Å². The number of hydrogen-bond acceptors (Lipinski definition) is 6. The van der Waals surface area contributed by atoms with Gasteiger partial charge in [0.2, 0.25) is 5.91 Å². The number of nitrogens with zero attached hydrogens (tertiary/aromatic N) is 2. The molecular formula is C20H17FN6O3. The second kappa shape index (κ2) is 8.10. The van der Waals surface area contributed by atoms with Crippen LogP contribution in [0.25, 0.3) is 0 Å². The average Bonchev–Trinajstić information content (AvgIpc) is 3.20. The fraction of sp³-hybridized carbons (Fsp3) is 0.150. The number of anilines is 1. The molecule has 2 aromatic carbocycles. The maximum Gasteiger partial charge on any atom is 0.267 e.